The Morgan fingerprint density at radius 3 is 2.73 bits per heavy atom. The van der Waals surface area contributed by atoms with E-state index in [0.29, 0.717) is 0 Å². The molecule has 1 heterocycles. The van der Waals surface area contributed by atoms with Crippen LogP contribution >= 0.6 is 11.8 Å². The summed E-state index contributed by atoms with van der Waals surface area (Å²) in [7, 11) is 0. The van der Waals surface area contributed by atoms with Crippen LogP contribution in [-0.4, -0.2) is 11.5 Å². The first kappa shape index (κ1) is 10.9. The molecule has 0 aromatic heterocycles. The predicted octanol–water partition coefficient (Wildman–Crippen LogP) is 3.26. The number of nitrogens with two attached hydrogens (primary N) is 1. The summed E-state index contributed by atoms with van der Waals surface area (Å²) in [6, 6.07) is 6.46. The van der Waals surface area contributed by atoms with E-state index in [1.165, 1.54) is 41.9 Å². The van der Waals surface area contributed by atoms with Gasteiger partial charge in [0.2, 0.25) is 0 Å². The van der Waals surface area contributed by atoms with Crippen molar-refractivity contribution in [2.45, 2.75) is 26.2 Å². The lowest BCUT2D eigenvalue weighted by atomic mass is 9.93. The Balaban J connectivity index is 2.03. The fourth-order valence-electron chi connectivity index (χ4n) is 2.16. The van der Waals surface area contributed by atoms with E-state index in [1.807, 2.05) is 0 Å². The molecule has 82 valence electrons. The summed E-state index contributed by atoms with van der Waals surface area (Å²) in [4.78, 5) is 0. The third-order valence-electron chi connectivity index (χ3n) is 3.15. The molecule has 1 aromatic rings. The number of rotatable bonds is 2. The van der Waals surface area contributed by atoms with Gasteiger partial charge in [0.05, 0.1) is 0 Å². The van der Waals surface area contributed by atoms with Crippen LogP contribution in [0.15, 0.2) is 18.2 Å². The lowest BCUT2D eigenvalue weighted by molar-refractivity contribution is 0.488. The summed E-state index contributed by atoms with van der Waals surface area (Å²) in [6.45, 7) is 2.09. The molecular formula is C13H19NS. The standard InChI is InChI=1S/C13H19NS/c1-10-2-3-12(13(14)8-10)9-11-4-6-15-7-5-11/h2-3,8,11H,4-7,9,14H2,1H3. The number of nitrogen functional groups attached to an aromatic ring is 1. The van der Waals surface area contributed by atoms with Crippen molar-refractivity contribution < 1.29 is 0 Å². The Kier molecular flexibility index (Phi) is 3.57. The molecule has 1 saturated heterocycles. The Labute approximate surface area is 96.4 Å². The van der Waals surface area contributed by atoms with Gasteiger partial charge in [-0.05, 0) is 60.8 Å². The Hall–Kier alpha value is -0.630. The SMILES string of the molecule is Cc1ccc(CC2CCSCC2)c(N)c1. The monoisotopic (exact) mass is 221 g/mol. The fourth-order valence-corrected chi connectivity index (χ4v) is 3.37. The van der Waals surface area contributed by atoms with Gasteiger partial charge in [0, 0.05) is 5.69 Å². The van der Waals surface area contributed by atoms with Gasteiger partial charge in [0.25, 0.3) is 0 Å². The highest BCUT2D eigenvalue weighted by Gasteiger charge is 2.15. The molecule has 0 amide bonds. The molecule has 1 aromatic carbocycles. The maximum Gasteiger partial charge on any atom is 0.0349 e. The molecule has 2 rings (SSSR count). The van der Waals surface area contributed by atoms with Gasteiger partial charge in [0.15, 0.2) is 0 Å². The zero-order valence-corrected chi connectivity index (χ0v) is 10.1. The van der Waals surface area contributed by atoms with Gasteiger partial charge in [-0.1, -0.05) is 12.1 Å². The quantitative estimate of drug-likeness (QED) is 0.776. The van der Waals surface area contributed by atoms with E-state index < -0.39 is 0 Å². The average Bonchev–Trinajstić information content (AvgIpc) is 2.24. The summed E-state index contributed by atoms with van der Waals surface area (Å²) >= 11 is 2.08. The normalized spacial score (nSPS) is 17.9. The van der Waals surface area contributed by atoms with Gasteiger partial charge in [0.1, 0.15) is 0 Å². The molecule has 1 nitrogen and oxygen atoms in total. The first-order chi connectivity index (χ1) is 7.25. The van der Waals surface area contributed by atoms with Crippen molar-refractivity contribution in [1.29, 1.82) is 0 Å². The molecule has 2 N–H and O–H groups in total. The van der Waals surface area contributed by atoms with Crippen molar-refractivity contribution in [1.82, 2.24) is 0 Å². The smallest absolute Gasteiger partial charge is 0.0349 e. The van der Waals surface area contributed by atoms with E-state index in [9.17, 15) is 0 Å². The van der Waals surface area contributed by atoms with Crippen LogP contribution in [0.25, 0.3) is 0 Å². The minimum Gasteiger partial charge on any atom is -0.398 e. The van der Waals surface area contributed by atoms with Gasteiger partial charge in [-0.3, -0.25) is 0 Å². The first-order valence-corrected chi connectivity index (χ1v) is 6.84. The Morgan fingerprint density at radius 1 is 1.33 bits per heavy atom. The lowest BCUT2D eigenvalue weighted by Gasteiger charge is -2.22. The van der Waals surface area contributed by atoms with Crippen molar-refractivity contribution in [3.63, 3.8) is 0 Å². The second kappa shape index (κ2) is 4.93. The summed E-state index contributed by atoms with van der Waals surface area (Å²) in [5.41, 5.74) is 9.62. The highest BCUT2D eigenvalue weighted by atomic mass is 32.2. The molecule has 0 spiro atoms. The second-order valence-electron chi connectivity index (χ2n) is 4.46. The van der Waals surface area contributed by atoms with Crippen LogP contribution in [0.1, 0.15) is 24.0 Å². The van der Waals surface area contributed by atoms with Crippen LogP contribution in [0.2, 0.25) is 0 Å². The van der Waals surface area contributed by atoms with Crippen molar-refractivity contribution in [2.75, 3.05) is 17.2 Å². The summed E-state index contributed by atoms with van der Waals surface area (Å²) in [5.74, 6) is 3.52. The van der Waals surface area contributed by atoms with E-state index in [2.05, 4.69) is 36.9 Å². The number of hydrogen-bond acceptors (Lipinski definition) is 2. The number of anilines is 1. The van der Waals surface area contributed by atoms with Crippen LogP contribution in [0.5, 0.6) is 0 Å². The van der Waals surface area contributed by atoms with Gasteiger partial charge in [-0.2, -0.15) is 11.8 Å². The zero-order chi connectivity index (χ0) is 10.7. The number of hydrogen-bond donors (Lipinski definition) is 1. The molecule has 0 aliphatic carbocycles. The topological polar surface area (TPSA) is 26.0 Å². The van der Waals surface area contributed by atoms with E-state index in [4.69, 9.17) is 5.73 Å². The molecule has 15 heavy (non-hydrogen) atoms. The zero-order valence-electron chi connectivity index (χ0n) is 9.33. The van der Waals surface area contributed by atoms with Crippen LogP contribution in [-0.2, 0) is 6.42 Å². The first-order valence-electron chi connectivity index (χ1n) is 5.68. The minimum atomic E-state index is 0.858. The molecule has 0 bridgehead atoms. The third-order valence-corrected chi connectivity index (χ3v) is 4.20. The molecule has 0 radical (unpaired) electrons. The number of thioether (sulfide) groups is 1. The van der Waals surface area contributed by atoms with Gasteiger partial charge in [-0.15, -0.1) is 0 Å². The van der Waals surface area contributed by atoms with Crippen LogP contribution in [0, 0.1) is 12.8 Å². The molecule has 0 atom stereocenters. The lowest BCUT2D eigenvalue weighted by Crippen LogP contribution is -2.13. The van der Waals surface area contributed by atoms with Gasteiger partial charge in [-0.25, -0.2) is 0 Å². The summed E-state index contributed by atoms with van der Waals surface area (Å²) < 4.78 is 0. The maximum atomic E-state index is 6.03. The minimum absolute atomic E-state index is 0.858. The van der Waals surface area contributed by atoms with E-state index in [0.717, 1.165) is 11.6 Å². The van der Waals surface area contributed by atoms with Crippen molar-refractivity contribution >= 4 is 17.4 Å². The molecular weight excluding hydrogens is 202 g/mol. The Bertz CT molecular complexity index is 329. The highest BCUT2D eigenvalue weighted by molar-refractivity contribution is 7.99. The van der Waals surface area contributed by atoms with Crippen LogP contribution in [0.3, 0.4) is 0 Å². The van der Waals surface area contributed by atoms with Crippen molar-refractivity contribution in [3.8, 4) is 0 Å². The molecule has 2 heteroatoms. The van der Waals surface area contributed by atoms with Gasteiger partial charge < -0.3 is 5.73 Å². The Morgan fingerprint density at radius 2 is 2.07 bits per heavy atom. The molecule has 1 aliphatic heterocycles. The predicted molar refractivity (Wildman–Crippen MR) is 69.3 cm³/mol. The van der Waals surface area contributed by atoms with Crippen molar-refractivity contribution in [2.24, 2.45) is 5.92 Å². The average molecular weight is 221 g/mol. The molecule has 1 fully saturated rings. The highest BCUT2D eigenvalue weighted by Crippen LogP contribution is 2.27. The molecule has 0 saturated carbocycles. The number of aryl methyl sites for hydroxylation is 1. The fraction of sp³-hybridized carbons (Fsp3) is 0.538. The van der Waals surface area contributed by atoms with E-state index >= 15 is 0 Å². The van der Waals surface area contributed by atoms with E-state index in [1.54, 1.807) is 0 Å². The largest absolute Gasteiger partial charge is 0.398 e. The van der Waals surface area contributed by atoms with E-state index in [-0.39, 0.29) is 0 Å². The van der Waals surface area contributed by atoms with Crippen molar-refractivity contribution in [3.05, 3.63) is 29.3 Å². The summed E-state index contributed by atoms with van der Waals surface area (Å²) in [5, 5.41) is 0. The maximum absolute atomic E-state index is 6.03. The third kappa shape index (κ3) is 2.91. The van der Waals surface area contributed by atoms with Crippen LogP contribution in [0.4, 0.5) is 5.69 Å². The van der Waals surface area contributed by atoms with Gasteiger partial charge >= 0.3 is 0 Å². The molecule has 0 unspecified atom stereocenters. The number of benzene rings is 1. The van der Waals surface area contributed by atoms with Crippen LogP contribution < -0.4 is 5.73 Å². The molecule has 1 aliphatic rings. The second-order valence-corrected chi connectivity index (χ2v) is 5.69. The summed E-state index contributed by atoms with van der Waals surface area (Å²) in [6.07, 6.45) is 3.89.